The van der Waals surface area contributed by atoms with Crippen molar-refractivity contribution >= 4 is 23.5 Å². The smallest absolute Gasteiger partial charge is 0.255 e. The van der Waals surface area contributed by atoms with Crippen molar-refractivity contribution in [3.8, 4) is 0 Å². The van der Waals surface area contributed by atoms with Crippen LogP contribution in [0.3, 0.4) is 0 Å². The number of hydrogen-bond acceptors (Lipinski definition) is 4. The first-order chi connectivity index (χ1) is 8.70. The second-order valence-corrected chi connectivity index (χ2v) is 6.07. The maximum Gasteiger partial charge on any atom is 0.255 e. The lowest BCUT2D eigenvalue weighted by atomic mass is 10.2. The summed E-state index contributed by atoms with van der Waals surface area (Å²) in [4.78, 5) is 16.0. The van der Waals surface area contributed by atoms with E-state index < -0.39 is 0 Å². The standard InChI is InChI=1S/C13H19N3OS/c1-2-18-10-6-5-9(8-10)16-13(17)11-4-3-7-15-12(11)14/h3-4,7,9-10H,2,5-6,8H2,1H3,(H2,14,15)(H,16,17). The molecule has 0 spiro atoms. The highest BCUT2D eigenvalue weighted by Gasteiger charge is 2.26. The van der Waals surface area contributed by atoms with Crippen molar-refractivity contribution in [2.45, 2.75) is 37.5 Å². The lowest BCUT2D eigenvalue weighted by molar-refractivity contribution is 0.0938. The van der Waals surface area contributed by atoms with E-state index in [1.807, 2.05) is 11.8 Å². The van der Waals surface area contributed by atoms with Crippen LogP contribution in [0.5, 0.6) is 0 Å². The van der Waals surface area contributed by atoms with E-state index in [1.54, 1.807) is 18.3 Å². The molecule has 5 heteroatoms. The van der Waals surface area contributed by atoms with Gasteiger partial charge in [-0.15, -0.1) is 0 Å². The zero-order valence-electron chi connectivity index (χ0n) is 10.6. The third kappa shape index (κ3) is 3.16. The Bertz CT molecular complexity index is 424. The summed E-state index contributed by atoms with van der Waals surface area (Å²) < 4.78 is 0. The molecule has 2 unspecified atom stereocenters. The van der Waals surface area contributed by atoms with Crippen molar-refractivity contribution in [1.29, 1.82) is 0 Å². The Morgan fingerprint density at radius 2 is 2.44 bits per heavy atom. The third-order valence-corrected chi connectivity index (χ3v) is 4.44. The minimum absolute atomic E-state index is 0.104. The second kappa shape index (κ2) is 6.09. The largest absolute Gasteiger partial charge is 0.383 e. The molecular formula is C13H19N3OS. The van der Waals surface area contributed by atoms with Gasteiger partial charge >= 0.3 is 0 Å². The average molecular weight is 265 g/mol. The predicted octanol–water partition coefficient (Wildman–Crippen LogP) is 2.07. The van der Waals surface area contributed by atoms with Gasteiger partial charge in [-0.3, -0.25) is 4.79 Å². The lowest BCUT2D eigenvalue weighted by Crippen LogP contribution is -2.33. The first-order valence-corrected chi connectivity index (χ1v) is 7.38. The van der Waals surface area contributed by atoms with Crippen molar-refractivity contribution in [2.24, 2.45) is 0 Å². The van der Waals surface area contributed by atoms with E-state index in [9.17, 15) is 4.79 Å². The maximum absolute atomic E-state index is 12.0. The van der Waals surface area contributed by atoms with Gasteiger partial charge in [0.05, 0.1) is 5.56 Å². The van der Waals surface area contributed by atoms with Crippen molar-refractivity contribution in [2.75, 3.05) is 11.5 Å². The number of nitrogen functional groups attached to an aromatic ring is 1. The van der Waals surface area contributed by atoms with E-state index >= 15 is 0 Å². The number of thioether (sulfide) groups is 1. The summed E-state index contributed by atoms with van der Waals surface area (Å²) in [6.45, 7) is 2.17. The number of nitrogens with zero attached hydrogens (tertiary/aromatic N) is 1. The van der Waals surface area contributed by atoms with Crippen LogP contribution in [0.1, 0.15) is 36.5 Å². The number of rotatable bonds is 4. The zero-order valence-corrected chi connectivity index (χ0v) is 11.4. The molecule has 2 rings (SSSR count). The molecule has 4 nitrogen and oxygen atoms in total. The maximum atomic E-state index is 12.0. The fraction of sp³-hybridized carbons (Fsp3) is 0.538. The summed E-state index contributed by atoms with van der Waals surface area (Å²) in [6, 6.07) is 3.72. The number of nitrogens with one attached hydrogen (secondary N) is 1. The number of nitrogens with two attached hydrogens (primary N) is 1. The van der Waals surface area contributed by atoms with Gasteiger partial charge in [0, 0.05) is 17.5 Å². The van der Waals surface area contributed by atoms with E-state index in [-0.39, 0.29) is 11.9 Å². The zero-order chi connectivity index (χ0) is 13.0. The quantitative estimate of drug-likeness (QED) is 0.874. The van der Waals surface area contributed by atoms with Gasteiger partial charge < -0.3 is 11.1 Å². The fourth-order valence-electron chi connectivity index (χ4n) is 2.33. The van der Waals surface area contributed by atoms with Gasteiger partial charge in [0.1, 0.15) is 5.82 Å². The van der Waals surface area contributed by atoms with E-state index in [2.05, 4.69) is 17.2 Å². The number of carbonyl (C=O) groups excluding carboxylic acids is 1. The number of pyridine rings is 1. The summed E-state index contributed by atoms with van der Waals surface area (Å²) in [5.74, 6) is 1.33. The first-order valence-electron chi connectivity index (χ1n) is 6.33. The van der Waals surface area contributed by atoms with Crippen LogP contribution in [0.25, 0.3) is 0 Å². The van der Waals surface area contributed by atoms with E-state index in [4.69, 9.17) is 5.73 Å². The summed E-state index contributed by atoms with van der Waals surface area (Å²) in [6.07, 6.45) is 4.90. The summed E-state index contributed by atoms with van der Waals surface area (Å²) in [7, 11) is 0. The molecule has 98 valence electrons. The second-order valence-electron chi connectivity index (χ2n) is 4.50. The Balaban J connectivity index is 1.91. The third-order valence-electron chi connectivity index (χ3n) is 3.21. The van der Waals surface area contributed by atoms with Crippen molar-refractivity contribution in [1.82, 2.24) is 10.3 Å². The molecule has 0 aromatic carbocycles. The molecule has 1 fully saturated rings. The van der Waals surface area contributed by atoms with Crippen LogP contribution < -0.4 is 11.1 Å². The molecule has 0 radical (unpaired) electrons. The van der Waals surface area contributed by atoms with Gasteiger partial charge in [-0.1, -0.05) is 6.92 Å². The van der Waals surface area contributed by atoms with Crippen LogP contribution in [0.4, 0.5) is 5.82 Å². The van der Waals surface area contributed by atoms with Crippen molar-refractivity contribution in [3.05, 3.63) is 23.9 Å². The number of carbonyl (C=O) groups is 1. The minimum Gasteiger partial charge on any atom is -0.383 e. The summed E-state index contributed by atoms with van der Waals surface area (Å²) >= 11 is 1.98. The number of aromatic nitrogens is 1. The molecule has 2 atom stereocenters. The molecule has 1 amide bonds. The Labute approximate surface area is 112 Å². The Morgan fingerprint density at radius 1 is 1.61 bits per heavy atom. The molecule has 1 aliphatic carbocycles. The predicted molar refractivity (Wildman–Crippen MR) is 75.7 cm³/mol. The minimum atomic E-state index is -0.104. The first kappa shape index (κ1) is 13.2. The van der Waals surface area contributed by atoms with Crippen LogP contribution in [-0.2, 0) is 0 Å². The summed E-state index contributed by atoms with van der Waals surface area (Å²) in [5.41, 5.74) is 6.17. The van der Waals surface area contributed by atoms with Gasteiger partial charge in [-0.25, -0.2) is 4.98 Å². The van der Waals surface area contributed by atoms with Crippen molar-refractivity contribution < 1.29 is 4.79 Å². The number of hydrogen-bond donors (Lipinski definition) is 2. The van der Waals surface area contributed by atoms with Crippen LogP contribution >= 0.6 is 11.8 Å². The molecule has 18 heavy (non-hydrogen) atoms. The van der Waals surface area contributed by atoms with Gasteiger partial charge in [0.2, 0.25) is 0 Å². The number of anilines is 1. The lowest BCUT2D eigenvalue weighted by Gasteiger charge is -2.13. The van der Waals surface area contributed by atoms with Gasteiger partial charge in [-0.2, -0.15) is 11.8 Å². The van der Waals surface area contributed by atoms with Crippen molar-refractivity contribution in [3.63, 3.8) is 0 Å². The molecule has 1 aliphatic rings. The fourth-order valence-corrected chi connectivity index (χ4v) is 3.47. The topological polar surface area (TPSA) is 68.0 Å². The van der Waals surface area contributed by atoms with E-state index in [1.165, 1.54) is 6.42 Å². The molecule has 1 aromatic rings. The van der Waals surface area contributed by atoms with Gasteiger partial charge in [0.25, 0.3) is 5.91 Å². The Kier molecular flexibility index (Phi) is 4.47. The highest BCUT2D eigenvalue weighted by Crippen LogP contribution is 2.29. The Morgan fingerprint density at radius 3 is 3.17 bits per heavy atom. The van der Waals surface area contributed by atoms with Gasteiger partial charge in [-0.05, 0) is 37.1 Å². The van der Waals surface area contributed by atoms with Crippen LogP contribution in [0, 0.1) is 0 Å². The molecule has 1 saturated carbocycles. The molecule has 1 heterocycles. The molecule has 0 saturated heterocycles. The molecular weight excluding hydrogens is 246 g/mol. The van der Waals surface area contributed by atoms with Crippen LogP contribution in [0.15, 0.2) is 18.3 Å². The normalized spacial score (nSPS) is 22.9. The number of amides is 1. The van der Waals surface area contributed by atoms with Crippen LogP contribution in [0.2, 0.25) is 0 Å². The molecule has 0 aliphatic heterocycles. The molecule has 0 bridgehead atoms. The highest BCUT2D eigenvalue weighted by atomic mass is 32.2. The van der Waals surface area contributed by atoms with E-state index in [0.29, 0.717) is 16.6 Å². The van der Waals surface area contributed by atoms with Crippen LogP contribution in [-0.4, -0.2) is 27.9 Å². The SMILES string of the molecule is CCSC1CCC(NC(=O)c2cccnc2N)C1. The summed E-state index contributed by atoms with van der Waals surface area (Å²) in [5, 5.41) is 3.74. The Hall–Kier alpha value is -1.23. The molecule has 3 N–H and O–H groups in total. The average Bonchev–Trinajstić information content (AvgIpc) is 2.77. The van der Waals surface area contributed by atoms with Gasteiger partial charge in [0.15, 0.2) is 0 Å². The molecule has 1 aromatic heterocycles. The highest BCUT2D eigenvalue weighted by molar-refractivity contribution is 7.99. The van der Waals surface area contributed by atoms with E-state index in [0.717, 1.165) is 18.6 Å². The monoisotopic (exact) mass is 265 g/mol.